The van der Waals surface area contributed by atoms with Gasteiger partial charge in [-0.3, -0.25) is 0 Å². The Labute approximate surface area is 92.8 Å². The zero-order valence-corrected chi connectivity index (χ0v) is 9.09. The zero-order valence-electron chi connectivity index (χ0n) is 7.58. The van der Waals surface area contributed by atoms with E-state index in [4.69, 9.17) is 23.2 Å². The fourth-order valence-corrected chi connectivity index (χ4v) is 1.36. The molecule has 0 unspecified atom stereocenters. The third-order valence-corrected chi connectivity index (χ3v) is 1.98. The molecule has 0 N–H and O–H groups in total. The summed E-state index contributed by atoms with van der Waals surface area (Å²) in [5, 5.41) is 4.25. The summed E-state index contributed by atoms with van der Waals surface area (Å²) < 4.78 is 0. The van der Waals surface area contributed by atoms with Crippen molar-refractivity contribution in [1.29, 1.82) is 0 Å². The van der Waals surface area contributed by atoms with E-state index in [0.29, 0.717) is 5.03 Å². The molecule has 0 saturated carbocycles. The van der Waals surface area contributed by atoms with Gasteiger partial charge in [-0.15, -0.1) is 0 Å². The SMILES string of the molecule is CO/N=C(Cl)/C=C(\Cl)c1ccccc1. The van der Waals surface area contributed by atoms with E-state index in [1.165, 1.54) is 13.2 Å². The third kappa shape index (κ3) is 3.40. The normalized spacial score (nSPS) is 12.8. The van der Waals surface area contributed by atoms with E-state index in [1.807, 2.05) is 30.3 Å². The summed E-state index contributed by atoms with van der Waals surface area (Å²) in [4.78, 5) is 4.49. The molecule has 74 valence electrons. The minimum absolute atomic E-state index is 0.210. The highest BCUT2D eigenvalue weighted by atomic mass is 35.5. The van der Waals surface area contributed by atoms with Crippen LogP contribution < -0.4 is 0 Å². The molecule has 0 amide bonds. The van der Waals surface area contributed by atoms with Gasteiger partial charge in [-0.1, -0.05) is 58.7 Å². The van der Waals surface area contributed by atoms with Gasteiger partial charge in [0, 0.05) is 0 Å². The highest BCUT2D eigenvalue weighted by Gasteiger charge is 1.98. The van der Waals surface area contributed by atoms with Crippen molar-refractivity contribution in [2.75, 3.05) is 7.11 Å². The maximum atomic E-state index is 5.98. The predicted octanol–water partition coefficient (Wildman–Crippen LogP) is 3.47. The second-order valence-electron chi connectivity index (χ2n) is 2.45. The Bertz CT molecular complexity index is 346. The molecule has 1 aromatic carbocycles. The van der Waals surface area contributed by atoms with Crippen molar-refractivity contribution in [3.05, 3.63) is 42.0 Å². The zero-order chi connectivity index (χ0) is 10.4. The molecule has 0 atom stereocenters. The lowest BCUT2D eigenvalue weighted by molar-refractivity contribution is 0.215. The number of benzene rings is 1. The van der Waals surface area contributed by atoms with Crippen LogP contribution >= 0.6 is 23.2 Å². The quantitative estimate of drug-likeness (QED) is 0.575. The first-order valence-electron chi connectivity index (χ1n) is 3.93. The largest absolute Gasteiger partial charge is 0.398 e. The molecule has 0 spiro atoms. The Hall–Kier alpha value is -0.990. The molecule has 0 fully saturated rings. The lowest BCUT2D eigenvalue weighted by Crippen LogP contribution is -1.84. The van der Waals surface area contributed by atoms with Crippen molar-refractivity contribution in [3.8, 4) is 0 Å². The van der Waals surface area contributed by atoms with Gasteiger partial charge < -0.3 is 4.84 Å². The standard InChI is InChI=1S/C10H9Cl2NO/c1-14-13-10(12)7-9(11)8-5-3-2-4-6-8/h2-7H,1H3/b9-7-,13-10-. The maximum absolute atomic E-state index is 5.98. The lowest BCUT2D eigenvalue weighted by Gasteiger charge is -1.97. The number of hydrogen-bond acceptors (Lipinski definition) is 2. The Kier molecular flexibility index (Phi) is 4.50. The van der Waals surface area contributed by atoms with Crippen molar-refractivity contribution in [1.82, 2.24) is 0 Å². The Morgan fingerprint density at radius 3 is 2.50 bits per heavy atom. The molecule has 0 aromatic heterocycles. The summed E-state index contributed by atoms with van der Waals surface area (Å²) >= 11 is 11.7. The van der Waals surface area contributed by atoms with Crippen LogP contribution in [-0.4, -0.2) is 12.3 Å². The molecular formula is C10H9Cl2NO. The number of nitrogens with zero attached hydrogens (tertiary/aromatic N) is 1. The second kappa shape index (κ2) is 5.68. The van der Waals surface area contributed by atoms with Crippen LogP contribution in [-0.2, 0) is 4.84 Å². The van der Waals surface area contributed by atoms with Gasteiger partial charge in [0.05, 0.1) is 5.03 Å². The van der Waals surface area contributed by atoms with Crippen LogP contribution in [0.3, 0.4) is 0 Å². The highest BCUT2D eigenvalue weighted by molar-refractivity contribution is 6.70. The average Bonchev–Trinajstić information content (AvgIpc) is 2.19. The van der Waals surface area contributed by atoms with Crippen LogP contribution in [0.4, 0.5) is 0 Å². The molecule has 0 aliphatic heterocycles. The third-order valence-electron chi connectivity index (χ3n) is 1.47. The van der Waals surface area contributed by atoms with E-state index in [1.54, 1.807) is 0 Å². The van der Waals surface area contributed by atoms with Gasteiger partial charge in [0.1, 0.15) is 7.11 Å². The van der Waals surface area contributed by atoms with E-state index in [0.717, 1.165) is 5.56 Å². The van der Waals surface area contributed by atoms with Gasteiger partial charge in [-0.05, 0) is 11.6 Å². The molecule has 14 heavy (non-hydrogen) atoms. The number of oxime groups is 1. The minimum Gasteiger partial charge on any atom is -0.398 e. The monoisotopic (exact) mass is 229 g/mol. The van der Waals surface area contributed by atoms with Crippen LogP contribution in [0.15, 0.2) is 41.6 Å². The van der Waals surface area contributed by atoms with Gasteiger partial charge in [0.2, 0.25) is 0 Å². The van der Waals surface area contributed by atoms with E-state index in [2.05, 4.69) is 9.99 Å². The molecule has 0 aliphatic carbocycles. The molecule has 0 bridgehead atoms. The van der Waals surface area contributed by atoms with E-state index in [9.17, 15) is 0 Å². The number of rotatable bonds is 3. The van der Waals surface area contributed by atoms with Crippen molar-refractivity contribution >= 4 is 33.4 Å². The van der Waals surface area contributed by atoms with E-state index in [-0.39, 0.29) is 5.17 Å². The van der Waals surface area contributed by atoms with Gasteiger partial charge in [0.25, 0.3) is 0 Å². The van der Waals surface area contributed by atoms with Crippen LogP contribution in [0.1, 0.15) is 5.56 Å². The predicted molar refractivity (Wildman–Crippen MR) is 60.6 cm³/mol. The van der Waals surface area contributed by atoms with Gasteiger partial charge >= 0.3 is 0 Å². The lowest BCUT2D eigenvalue weighted by atomic mass is 10.2. The Morgan fingerprint density at radius 1 is 1.29 bits per heavy atom. The summed E-state index contributed by atoms with van der Waals surface area (Å²) in [6.07, 6.45) is 1.53. The second-order valence-corrected chi connectivity index (χ2v) is 3.25. The number of hydrogen-bond donors (Lipinski definition) is 0. The van der Waals surface area contributed by atoms with Crippen molar-refractivity contribution in [3.63, 3.8) is 0 Å². The summed E-state index contributed by atoms with van der Waals surface area (Å²) in [7, 11) is 1.42. The molecule has 4 heteroatoms. The summed E-state index contributed by atoms with van der Waals surface area (Å²) in [6.45, 7) is 0. The maximum Gasteiger partial charge on any atom is 0.169 e. The average molecular weight is 230 g/mol. The van der Waals surface area contributed by atoms with E-state index < -0.39 is 0 Å². The first-order valence-corrected chi connectivity index (χ1v) is 4.69. The summed E-state index contributed by atoms with van der Waals surface area (Å²) in [5.74, 6) is 0. The van der Waals surface area contributed by atoms with Crippen LogP contribution in [0.5, 0.6) is 0 Å². The van der Waals surface area contributed by atoms with Crippen LogP contribution in [0.25, 0.3) is 5.03 Å². The number of halogens is 2. The van der Waals surface area contributed by atoms with Crippen molar-refractivity contribution in [2.24, 2.45) is 5.16 Å². The molecule has 0 radical (unpaired) electrons. The Morgan fingerprint density at radius 2 is 1.93 bits per heavy atom. The molecule has 0 heterocycles. The molecule has 2 nitrogen and oxygen atoms in total. The van der Waals surface area contributed by atoms with Crippen LogP contribution in [0, 0.1) is 0 Å². The van der Waals surface area contributed by atoms with E-state index >= 15 is 0 Å². The molecule has 1 aromatic rings. The van der Waals surface area contributed by atoms with Gasteiger partial charge in [-0.2, -0.15) is 0 Å². The topological polar surface area (TPSA) is 21.6 Å². The summed E-state index contributed by atoms with van der Waals surface area (Å²) in [6, 6.07) is 9.48. The summed E-state index contributed by atoms with van der Waals surface area (Å²) in [5.41, 5.74) is 0.888. The first kappa shape index (κ1) is 11.1. The highest BCUT2D eigenvalue weighted by Crippen LogP contribution is 2.18. The molecule has 0 saturated heterocycles. The minimum atomic E-state index is 0.210. The first-order chi connectivity index (χ1) is 6.74. The molecular weight excluding hydrogens is 221 g/mol. The van der Waals surface area contributed by atoms with Gasteiger partial charge in [0.15, 0.2) is 5.17 Å². The molecule has 0 aliphatic rings. The fraction of sp³-hybridized carbons (Fsp3) is 0.100. The van der Waals surface area contributed by atoms with Crippen molar-refractivity contribution < 1.29 is 4.84 Å². The van der Waals surface area contributed by atoms with Gasteiger partial charge in [-0.25, -0.2) is 0 Å². The smallest absolute Gasteiger partial charge is 0.169 e. The molecule has 1 rings (SSSR count). The number of allylic oxidation sites excluding steroid dienone is 1. The fourth-order valence-electron chi connectivity index (χ4n) is 0.899. The van der Waals surface area contributed by atoms with Crippen molar-refractivity contribution in [2.45, 2.75) is 0 Å². The van der Waals surface area contributed by atoms with Crippen LogP contribution in [0.2, 0.25) is 0 Å². The Balaban J connectivity index is 2.85.